The van der Waals surface area contributed by atoms with Gasteiger partial charge in [-0.25, -0.2) is 4.98 Å². The Kier molecular flexibility index (Phi) is 3.12. The van der Waals surface area contributed by atoms with Gasteiger partial charge in [-0.2, -0.15) is 5.26 Å². The maximum absolute atomic E-state index is 8.74. The smallest absolute Gasteiger partial charge is 0.190 e. The highest BCUT2D eigenvalue weighted by Gasteiger charge is 2.07. The highest BCUT2D eigenvalue weighted by atomic mass is 32.1. The Morgan fingerprint density at radius 3 is 2.65 bits per heavy atom. The number of nitrogens with two attached hydrogens (primary N) is 1. The number of ether oxygens (including phenoxy) is 1. The number of aromatic nitrogens is 1. The van der Waals surface area contributed by atoms with Crippen LogP contribution in [0.15, 0.2) is 24.3 Å². The Hall–Kier alpha value is -2.26. The largest absolute Gasteiger partial charge is 0.497 e. The molecule has 0 atom stereocenters. The zero-order chi connectivity index (χ0) is 12.3. The molecule has 86 valence electrons. The average molecular weight is 246 g/mol. The fraction of sp³-hybridized carbons (Fsp3) is 0.0909. The van der Waals surface area contributed by atoms with Crippen molar-refractivity contribution in [3.63, 3.8) is 0 Å². The third kappa shape index (κ3) is 2.46. The van der Waals surface area contributed by atoms with Gasteiger partial charge in [0.1, 0.15) is 16.8 Å². The molecule has 0 radical (unpaired) electrons. The maximum Gasteiger partial charge on any atom is 0.190 e. The second-order valence-corrected chi connectivity index (χ2v) is 4.23. The SMILES string of the molecule is COc1ccc(Nc2nc(C#N)c(N)s2)cc1. The molecule has 0 aliphatic heterocycles. The van der Waals surface area contributed by atoms with E-state index in [1.165, 1.54) is 11.3 Å². The van der Waals surface area contributed by atoms with Crippen LogP contribution in [0.5, 0.6) is 5.75 Å². The van der Waals surface area contributed by atoms with Crippen LogP contribution >= 0.6 is 11.3 Å². The molecule has 1 aromatic carbocycles. The lowest BCUT2D eigenvalue weighted by Crippen LogP contribution is -1.90. The second kappa shape index (κ2) is 4.72. The number of nitrogen functional groups attached to an aromatic ring is 1. The number of rotatable bonds is 3. The highest BCUT2D eigenvalue weighted by Crippen LogP contribution is 2.28. The van der Waals surface area contributed by atoms with Gasteiger partial charge >= 0.3 is 0 Å². The number of nitriles is 1. The normalized spacial score (nSPS) is 9.65. The lowest BCUT2D eigenvalue weighted by Gasteiger charge is -2.03. The molecule has 0 aliphatic rings. The van der Waals surface area contributed by atoms with Gasteiger partial charge in [-0.3, -0.25) is 0 Å². The van der Waals surface area contributed by atoms with E-state index >= 15 is 0 Å². The third-order valence-corrected chi connectivity index (χ3v) is 2.90. The number of anilines is 3. The van der Waals surface area contributed by atoms with Gasteiger partial charge in [0.25, 0.3) is 0 Å². The quantitative estimate of drug-likeness (QED) is 0.868. The first-order valence-electron chi connectivity index (χ1n) is 4.80. The van der Waals surface area contributed by atoms with E-state index in [9.17, 15) is 0 Å². The lowest BCUT2D eigenvalue weighted by atomic mass is 10.3. The minimum atomic E-state index is 0.256. The first kappa shape index (κ1) is 11.2. The van der Waals surface area contributed by atoms with Crippen LogP contribution in [0.4, 0.5) is 15.8 Å². The number of thiazole rings is 1. The van der Waals surface area contributed by atoms with Crippen molar-refractivity contribution in [3.8, 4) is 11.8 Å². The van der Waals surface area contributed by atoms with Crippen molar-refractivity contribution in [2.75, 3.05) is 18.2 Å². The van der Waals surface area contributed by atoms with Gasteiger partial charge in [0.05, 0.1) is 7.11 Å². The number of hydrogen-bond donors (Lipinski definition) is 2. The molecule has 2 rings (SSSR count). The van der Waals surface area contributed by atoms with E-state index in [2.05, 4.69) is 10.3 Å². The predicted molar refractivity (Wildman–Crippen MR) is 67.5 cm³/mol. The highest BCUT2D eigenvalue weighted by molar-refractivity contribution is 7.19. The van der Waals surface area contributed by atoms with Crippen molar-refractivity contribution in [1.29, 1.82) is 5.26 Å². The summed E-state index contributed by atoms with van der Waals surface area (Å²) in [5.74, 6) is 0.784. The molecule has 0 bridgehead atoms. The van der Waals surface area contributed by atoms with Crippen LogP contribution < -0.4 is 15.8 Å². The molecule has 0 amide bonds. The standard InChI is InChI=1S/C11H10N4OS/c1-16-8-4-2-7(3-5-8)14-11-15-9(6-12)10(13)17-11/h2-5H,13H2,1H3,(H,14,15). The molecule has 6 heteroatoms. The average Bonchev–Trinajstić information content (AvgIpc) is 2.70. The Balaban J connectivity index is 2.17. The van der Waals surface area contributed by atoms with Gasteiger partial charge in [-0.15, -0.1) is 0 Å². The summed E-state index contributed by atoms with van der Waals surface area (Å²) in [6.45, 7) is 0. The number of hydrogen-bond acceptors (Lipinski definition) is 6. The minimum Gasteiger partial charge on any atom is -0.497 e. The molecule has 5 nitrogen and oxygen atoms in total. The Labute approximate surface area is 102 Å². The Morgan fingerprint density at radius 1 is 1.41 bits per heavy atom. The molecule has 17 heavy (non-hydrogen) atoms. The summed E-state index contributed by atoms with van der Waals surface area (Å²) in [6.07, 6.45) is 0. The van der Waals surface area contributed by atoms with Crippen LogP contribution in [0.3, 0.4) is 0 Å². The summed E-state index contributed by atoms with van der Waals surface area (Å²) >= 11 is 1.25. The van der Waals surface area contributed by atoms with Gasteiger partial charge in [-0.05, 0) is 24.3 Å². The van der Waals surface area contributed by atoms with E-state index in [1.807, 2.05) is 30.3 Å². The molecule has 3 N–H and O–H groups in total. The number of nitrogens with one attached hydrogen (secondary N) is 1. The minimum absolute atomic E-state index is 0.256. The van der Waals surface area contributed by atoms with E-state index in [1.54, 1.807) is 7.11 Å². The molecule has 0 unspecified atom stereocenters. The van der Waals surface area contributed by atoms with Gasteiger partial charge in [0.2, 0.25) is 0 Å². The van der Waals surface area contributed by atoms with E-state index < -0.39 is 0 Å². The number of nitrogens with zero attached hydrogens (tertiary/aromatic N) is 2. The summed E-state index contributed by atoms with van der Waals surface area (Å²) in [5.41, 5.74) is 6.75. The summed E-state index contributed by atoms with van der Waals surface area (Å²) in [7, 11) is 1.61. The van der Waals surface area contributed by atoms with Crippen LogP contribution in [0.2, 0.25) is 0 Å². The fourth-order valence-electron chi connectivity index (χ4n) is 1.26. The summed E-state index contributed by atoms with van der Waals surface area (Å²) in [5, 5.41) is 12.8. The molecule has 0 fully saturated rings. The van der Waals surface area contributed by atoms with E-state index in [-0.39, 0.29) is 5.69 Å². The topological polar surface area (TPSA) is 84.0 Å². The van der Waals surface area contributed by atoms with Crippen LogP contribution in [0.1, 0.15) is 5.69 Å². The fourth-order valence-corrected chi connectivity index (χ4v) is 1.97. The molecule has 0 spiro atoms. The molecule has 1 heterocycles. The van der Waals surface area contributed by atoms with Crippen LogP contribution in [-0.4, -0.2) is 12.1 Å². The van der Waals surface area contributed by atoms with Gasteiger partial charge in [-0.1, -0.05) is 11.3 Å². The summed E-state index contributed by atoms with van der Waals surface area (Å²) in [4.78, 5) is 4.06. The van der Waals surface area contributed by atoms with Crippen LogP contribution in [0.25, 0.3) is 0 Å². The Morgan fingerprint density at radius 2 is 2.12 bits per heavy atom. The van der Waals surface area contributed by atoms with Crippen molar-refractivity contribution in [3.05, 3.63) is 30.0 Å². The van der Waals surface area contributed by atoms with Crippen molar-refractivity contribution in [2.45, 2.75) is 0 Å². The van der Waals surface area contributed by atoms with Crippen molar-refractivity contribution >= 4 is 27.2 Å². The number of benzene rings is 1. The Bertz CT molecular complexity index is 556. The maximum atomic E-state index is 8.74. The van der Waals surface area contributed by atoms with Gasteiger partial charge in [0, 0.05) is 5.69 Å². The van der Waals surface area contributed by atoms with Crippen molar-refractivity contribution < 1.29 is 4.74 Å². The van der Waals surface area contributed by atoms with E-state index in [0.717, 1.165) is 11.4 Å². The number of methoxy groups -OCH3 is 1. The second-order valence-electron chi connectivity index (χ2n) is 3.20. The van der Waals surface area contributed by atoms with Crippen molar-refractivity contribution in [2.24, 2.45) is 0 Å². The van der Waals surface area contributed by atoms with Gasteiger partial charge in [0.15, 0.2) is 10.8 Å². The molecular formula is C11H10N4OS. The van der Waals surface area contributed by atoms with Crippen LogP contribution in [0, 0.1) is 11.3 Å². The zero-order valence-corrected chi connectivity index (χ0v) is 9.91. The summed E-state index contributed by atoms with van der Waals surface area (Å²) < 4.78 is 5.06. The summed E-state index contributed by atoms with van der Waals surface area (Å²) in [6, 6.07) is 9.34. The van der Waals surface area contributed by atoms with Crippen LogP contribution in [-0.2, 0) is 0 Å². The first-order chi connectivity index (χ1) is 8.22. The predicted octanol–water partition coefficient (Wildman–Crippen LogP) is 2.35. The van der Waals surface area contributed by atoms with E-state index in [0.29, 0.717) is 10.1 Å². The third-order valence-electron chi connectivity index (χ3n) is 2.10. The molecule has 0 saturated heterocycles. The van der Waals surface area contributed by atoms with Gasteiger partial charge < -0.3 is 15.8 Å². The van der Waals surface area contributed by atoms with Crippen molar-refractivity contribution in [1.82, 2.24) is 4.98 Å². The van der Waals surface area contributed by atoms with E-state index in [4.69, 9.17) is 15.7 Å². The molecule has 0 saturated carbocycles. The lowest BCUT2D eigenvalue weighted by molar-refractivity contribution is 0.415. The molecule has 1 aromatic heterocycles. The molecule has 0 aliphatic carbocycles. The monoisotopic (exact) mass is 246 g/mol. The molecule has 2 aromatic rings. The molecular weight excluding hydrogens is 236 g/mol. The first-order valence-corrected chi connectivity index (χ1v) is 5.62. The zero-order valence-electron chi connectivity index (χ0n) is 9.10.